The second kappa shape index (κ2) is 8.26. The number of alkyl halides is 4. The Labute approximate surface area is 168 Å². The highest BCUT2D eigenvalue weighted by atomic mass is 35.5. The average Bonchev–Trinajstić information content (AvgIpc) is 3.06. The molecule has 0 bridgehead atoms. The fraction of sp³-hybridized carbons (Fsp3) is 0.944. The zero-order valence-corrected chi connectivity index (χ0v) is 16.6. The molecule has 3 heterocycles. The van der Waals surface area contributed by atoms with E-state index < -0.39 is 17.5 Å². The Kier molecular flexibility index (Phi) is 6.09. The number of carbonyl (C=O) groups excluding carboxylic acids is 1. The van der Waals surface area contributed by atoms with E-state index in [1.165, 1.54) is 0 Å². The van der Waals surface area contributed by atoms with Crippen molar-refractivity contribution < 1.29 is 18.0 Å². The van der Waals surface area contributed by atoms with Crippen LogP contribution in [0.4, 0.5) is 13.2 Å². The standard InChI is InChI=1S/C18H29ClF3N5O/c19-16-15(8-23-25-17(16)28)26-6-5-14-12(9-26)7-24-27(14)10-11-3-1-2-4-13(11)18(20,21)22/h11-16,23-24H,1-10H2,(H,25,28). The number of amides is 1. The summed E-state index contributed by atoms with van der Waals surface area (Å²) in [5.41, 5.74) is 8.82. The minimum Gasteiger partial charge on any atom is -0.297 e. The number of fused-ring (bicyclic) bond motifs is 1. The summed E-state index contributed by atoms with van der Waals surface area (Å²) in [6.07, 6.45) is -0.737. The first-order chi connectivity index (χ1) is 13.3. The summed E-state index contributed by atoms with van der Waals surface area (Å²) in [5.74, 6) is -1.36. The lowest BCUT2D eigenvalue weighted by Gasteiger charge is -2.44. The number of carbonyl (C=O) groups is 1. The SMILES string of the molecule is O=C1NNCC(N2CCC3C(CNN3CC3CCCCC3C(F)(F)F)C2)C1Cl. The van der Waals surface area contributed by atoms with Crippen LogP contribution in [0.25, 0.3) is 0 Å². The number of hydrogen-bond acceptors (Lipinski definition) is 5. The molecule has 0 spiro atoms. The van der Waals surface area contributed by atoms with E-state index in [-0.39, 0.29) is 30.3 Å². The molecule has 1 aliphatic carbocycles. The van der Waals surface area contributed by atoms with E-state index in [2.05, 4.69) is 26.2 Å². The molecule has 6 atom stereocenters. The van der Waals surface area contributed by atoms with Gasteiger partial charge in [-0.15, -0.1) is 11.6 Å². The fourth-order valence-corrected chi connectivity index (χ4v) is 5.83. The molecule has 4 aliphatic rings. The first-order valence-electron chi connectivity index (χ1n) is 10.3. The first kappa shape index (κ1) is 20.7. The van der Waals surface area contributed by atoms with Crippen molar-refractivity contribution in [1.82, 2.24) is 26.2 Å². The van der Waals surface area contributed by atoms with Gasteiger partial charge in [0.2, 0.25) is 0 Å². The third kappa shape index (κ3) is 4.14. The highest BCUT2D eigenvalue weighted by molar-refractivity contribution is 6.31. The monoisotopic (exact) mass is 423 g/mol. The van der Waals surface area contributed by atoms with Gasteiger partial charge >= 0.3 is 6.18 Å². The van der Waals surface area contributed by atoms with E-state index >= 15 is 0 Å². The zero-order chi connectivity index (χ0) is 19.9. The second-order valence-electron chi connectivity index (χ2n) is 8.66. The number of likely N-dealkylation sites (tertiary alicyclic amines) is 1. The Morgan fingerprint density at radius 3 is 2.68 bits per heavy atom. The van der Waals surface area contributed by atoms with Gasteiger partial charge in [-0.25, -0.2) is 10.4 Å². The van der Waals surface area contributed by atoms with Crippen LogP contribution in [0.2, 0.25) is 0 Å². The van der Waals surface area contributed by atoms with E-state index in [0.717, 1.165) is 32.5 Å². The molecule has 10 heteroatoms. The van der Waals surface area contributed by atoms with Crippen molar-refractivity contribution in [3.05, 3.63) is 0 Å². The highest BCUT2D eigenvalue weighted by Gasteiger charge is 2.48. The molecule has 28 heavy (non-hydrogen) atoms. The molecule has 6 nitrogen and oxygen atoms in total. The van der Waals surface area contributed by atoms with Crippen molar-refractivity contribution in [2.45, 2.75) is 55.7 Å². The van der Waals surface area contributed by atoms with Crippen molar-refractivity contribution in [3.8, 4) is 0 Å². The van der Waals surface area contributed by atoms with Gasteiger partial charge in [-0.1, -0.05) is 12.8 Å². The highest BCUT2D eigenvalue weighted by Crippen LogP contribution is 2.42. The first-order valence-corrected chi connectivity index (χ1v) is 10.8. The van der Waals surface area contributed by atoms with Crippen LogP contribution in [-0.2, 0) is 4.79 Å². The lowest BCUT2D eigenvalue weighted by molar-refractivity contribution is -0.199. The largest absolute Gasteiger partial charge is 0.392 e. The van der Waals surface area contributed by atoms with E-state index in [1.54, 1.807) is 0 Å². The summed E-state index contributed by atoms with van der Waals surface area (Å²) in [7, 11) is 0. The average molecular weight is 424 g/mol. The van der Waals surface area contributed by atoms with Gasteiger partial charge in [-0.3, -0.25) is 20.5 Å². The number of piperidine rings is 1. The summed E-state index contributed by atoms with van der Waals surface area (Å²) < 4.78 is 40.3. The topological polar surface area (TPSA) is 59.6 Å². The van der Waals surface area contributed by atoms with Gasteiger partial charge in [0.25, 0.3) is 5.91 Å². The van der Waals surface area contributed by atoms with Crippen molar-refractivity contribution in [3.63, 3.8) is 0 Å². The van der Waals surface area contributed by atoms with E-state index in [0.29, 0.717) is 31.8 Å². The Morgan fingerprint density at radius 2 is 1.89 bits per heavy atom. The second-order valence-corrected chi connectivity index (χ2v) is 9.13. The molecule has 4 rings (SSSR count). The number of halogens is 4. The van der Waals surface area contributed by atoms with Crippen LogP contribution in [0.5, 0.6) is 0 Å². The number of rotatable bonds is 3. The van der Waals surface area contributed by atoms with Crippen LogP contribution in [0, 0.1) is 17.8 Å². The third-order valence-electron chi connectivity index (χ3n) is 7.02. The maximum atomic E-state index is 13.4. The van der Waals surface area contributed by atoms with Crippen molar-refractivity contribution in [2.24, 2.45) is 17.8 Å². The molecular weight excluding hydrogens is 395 g/mol. The van der Waals surface area contributed by atoms with E-state index in [4.69, 9.17) is 11.6 Å². The molecule has 0 aromatic carbocycles. The molecule has 6 unspecified atom stereocenters. The normalized spacial score (nSPS) is 40.9. The molecule has 0 radical (unpaired) electrons. The summed E-state index contributed by atoms with van der Waals surface area (Å²) in [6.45, 7) is 3.45. The summed E-state index contributed by atoms with van der Waals surface area (Å²) >= 11 is 6.30. The third-order valence-corrected chi connectivity index (χ3v) is 7.51. The summed E-state index contributed by atoms with van der Waals surface area (Å²) in [6, 6.07) is 0.199. The lowest BCUT2D eigenvalue weighted by atomic mass is 9.78. The van der Waals surface area contributed by atoms with E-state index in [9.17, 15) is 18.0 Å². The number of nitrogens with zero attached hydrogens (tertiary/aromatic N) is 2. The van der Waals surface area contributed by atoms with Crippen LogP contribution < -0.4 is 16.3 Å². The Balaban J connectivity index is 1.36. The van der Waals surface area contributed by atoms with Gasteiger partial charge in [0.05, 0.1) is 5.92 Å². The molecule has 4 fully saturated rings. The number of hydrogen-bond donors (Lipinski definition) is 3. The molecule has 3 N–H and O–H groups in total. The van der Waals surface area contributed by atoms with Gasteiger partial charge < -0.3 is 0 Å². The van der Waals surface area contributed by atoms with E-state index in [1.807, 2.05) is 0 Å². The lowest BCUT2D eigenvalue weighted by Crippen LogP contribution is -2.64. The minimum atomic E-state index is -4.10. The zero-order valence-electron chi connectivity index (χ0n) is 15.8. The van der Waals surface area contributed by atoms with Gasteiger partial charge in [0.15, 0.2) is 0 Å². The quantitative estimate of drug-likeness (QED) is 0.600. The Bertz CT molecular complexity index is 580. The van der Waals surface area contributed by atoms with Crippen molar-refractivity contribution in [1.29, 1.82) is 0 Å². The predicted molar refractivity (Wildman–Crippen MR) is 99.3 cm³/mol. The minimum absolute atomic E-state index is 0.0571. The van der Waals surface area contributed by atoms with Gasteiger partial charge in [0, 0.05) is 50.7 Å². The van der Waals surface area contributed by atoms with Gasteiger partial charge in [-0.05, 0) is 25.2 Å². The van der Waals surface area contributed by atoms with Gasteiger partial charge in [0.1, 0.15) is 5.38 Å². The van der Waals surface area contributed by atoms with Crippen LogP contribution in [-0.4, -0.2) is 72.2 Å². The van der Waals surface area contributed by atoms with Crippen molar-refractivity contribution in [2.75, 3.05) is 32.7 Å². The van der Waals surface area contributed by atoms with Crippen LogP contribution in [0.1, 0.15) is 32.1 Å². The Morgan fingerprint density at radius 1 is 1.11 bits per heavy atom. The Hall–Kier alpha value is -0.610. The number of hydrazine groups is 2. The maximum Gasteiger partial charge on any atom is 0.392 e. The molecule has 0 aromatic rings. The summed E-state index contributed by atoms with van der Waals surface area (Å²) in [4.78, 5) is 14.1. The maximum absolute atomic E-state index is 13.4. The molecule has 1 saturated carbocycles. The number of nitrogens with one attached hydrogen (secondary N) is 3. The van der Waals surface area contributed by atoms with Crippen LogP contribution >= 0.6 is 11.6 Å². The smallest absolute Gasteiger partial charge is 0.297 e. The molecule has 3 saturated heterocycles. The molecule has 0 aromatic heterocycles. The van der Waals surface area contributed by atoms with Gasteiger partial charge in [-0.2, -0.15) is 13.2 Å². The summed E-state index contributed by atoms with van der Waals surface area (Å²) in [5, 5.41) is 1.50. The molecule has 1 amide bonds. The van der Waals surface area contributed by atoms with Crippen LogP contribution in [0.15, 0.2) is 0 Å². The molecule has 3 aliphatic heterocycles. The molecule has 160 valence electrons. The molecular formula is C18H29ClF3N5O. The fourth-order valence-electron chi connectivity index (χ4n) is 5.53. The van der Waals surface area contributed by atoms with Crippen LogP contribution in [0.3, 0.4) is 0 Å². The van der Waals surface area contributed by atoms with Crippen molar-refractivity contribution >= 4 is 17.5 Å². The predicted octanol–water partition coefficient (Wildman–Crippen LogP) is 1.48.